The molecular weight excluding hydrogens is 528 g/mol. The molecule has 1 saturated heterocycles. The van der Waals surface area contributed by atoms with Gasteiger partial charge in [0.2, 0.25) is 5.95 Å². The van der Waals surface area contributed by atoms with E-state index in [1.807, 2.05) is 19.1 Å². The Labute approximate surface area is 248 Å². The van der Waals surface area contributed by atoms with Crippen LogP contribution in [0.2, 0.25) is 0 Å². The molecule has 0 atom stereocenters. The van der Waals surface area contributed by atoms with E-state index in [1.54, 1.807) is 7.11 Å². The van der Waals surface area contributed by atoms with E-state index >= 15 is 0 Å². The quantitative estimate of drug-likeness (QED) is 0.186. The molecule has 0 saturated carbocycles. The highest BCUT2D eigenvalue weighted by Crippen LogP contribution is 2.27. The molecule has 0 amide bonds. The molecule has 2 aromatic heterocycles. The monoisotopic (exact) mass is 572 g/mol. The smallest absolute Gasteiger partial charge is 0.204 e. The zero-order chi connectivity index (χ0) is 29.3. The van der Waals surface area contributed by atoms with Crippen LogP contribution in [0.3, 0.4) is 0 Å². The number of nitrogens with one attached hydrogen (secondary N) is 2. The summed E-state index contributed by atoms with van der Waals surface area (Å²) in [6.07, 6.45) is 2.62. The minimum absolute atomic E-state index is 0.193. The Bertz CT molecular complexity index is 1460. The van der Waals surface area contributed by atoms with Gasteiger partial charge in [0.25, 0.3) is 0 Å². The Hall–Kier alpha value is -3.66. The molecule has 0 unspecified atom stereocenters. The number of pyridine rings is 1. The van der Waals surface area contributed by atoms with Crippen molar-refractivity contribution in [3.63, 3.8) is 0 Å². The van der Waals surface area contributed by atoms with E-state index in [1.165, 1.54) is 16.7 Å². The van der Waals surface area contributed by atoms with Gasteiger partial charge in [-0.05, 0) is 86.7 Å². The molecule has 3 heterocycles. The van der Waals surface area contributed by atoms with Crippen LogP contribution in [0.1, 0.15) is 40.9 Å². The molecule has 9 nitrogen and oxygen atoms in total. The van der Waals surface area contributed by atoms with Crippen LogP contribution >= 0.6 is 0 Å². The number of nitrogens with zero attached hydrogens (tertiary/aromatic N) is 4. The fourth-order valence-electron chi connectivity index (χ4n) is 5.49. The van der Waals surface area contributed by atoms with E-state index in [9.17, 15) is 5.11 Å². The maximum absolute atomic E-state index is 9.34. The van der Waals surface area contributed by atoms with Crippen LogP contribution in [0.4, 0.5) is 11.6 Å². The number of hydrogen-bond donors (Lipinski definition) is 3. The number of aliphatic hydroxyl groups excluding tert-OH is 1. The molecule has 0 bridgehead atoms. The molecule has 9 heteroatoms. The number of morpholine rings is 1. The molecule has 0 spiro atoms. The highest BCUT2D eigenvalue weighted by Gasteiger charge is 2.16. The average Bonchev–Trinajstić information content (AvgIpc) is 3.34. The van der Waals surface area contributed by atoms with Crippen LogP contribution in [0.15, 0.2) is 48.5 Å². The SMILES string of the molecule is COc1ccc(C)nc1Cn1c(NCCCN2CCOCC2)nc2ccc(CNc3cc(C)ccc3CCCO)cc21. The van der Waals surface area contributed by atoms with Gasteiger partial charge in [0.05, 0.1) is 37.9 Å². The van der Waals surface area contributed by atoms with Gasteiger partial charge in [-0.3, -0.25) is 9.88 Å². The normalized spacial score (nSPS) is 13.9. The van der Waals surface area contributed by atoms with Gasteiger partial charge < -0.3 is 29.8 Å². The van der Waals surface area contributed by atoms with Gasteiger partial charge in [-0.15, -0.1) is 0 Å². The van der Waals surface area contributed by atoms with E-state index in [0.29, 0.717) is 13.1 Å². The minimum Gasteiger partial charge on any atom is -0.495 e. The second-order valence-corrected chi connectivity index (χ2v) is 11.0. The van der Waals surface area contributed by atoms with Crippen molar-refractivity contribution in [2.24, 2.45) is 0 Å². The number of ether oxygens (including phenoxy) is 2. The Morgan fingerprint density at radius 2 is 1.83 bits per heavy atom. The van der Waals surface area contributed by atoms with E-state index in [2.05, 4.69) is 63.4 Å². The molecule has 0 radical (unpaired) electrons. The van der Waals surface area contributed by atoms with Gasteiger partial charge in [-0.25, -0.2) is 4.98 Å². The second kappa shape index (κ2) is 14.5. The fraction of sp³-hybridized carbons (Fsp3) is 0.455. The predicted molar refractivity (Wildman–Crippen MR) is 169 cm³/mol. The fourth-order valence-corrected chi connectivity index (χ4v) is 5.49. The summed E-state index contributed by atoms with van der Waals surface area (Å²) in [6, 6.07) is 16.9. The molecule has 1 fully saturated rings. The van der Waals surface area contributed by atoms with Gasteiger partial charge in [-0.2, -0.15) is 0 Å². The molecule has 2 aromatic carbocycles. The molecule has 1 aliphatic rings. The maximum atomic E-state index is 9.34. The van der Waals surface area contributed by atoms with E-state index in [-0.39, 0.29) is 6.61 Å². The summed E-state index contributed by atoms with van der Waals surface area (Å²) in [6.45, 7) is 11.0. The number of aryl methyl sites for hydroxylation is 3. The van der Waals surface area contributed by atoms with Crippen molar-refractivity contribution >= 4 is 22.7 Å². The number of fused-ring (bicyclic) bond motifs is 1. The number of anilines is 2. The summed E-state index contributed by atoms with van der Waals surface area (Å²) in [5.41, 5.74) is 8.56. The predicted octanol–water partition coefficient (Wildman–Crippen LogP) is 4.78. The van der Waals surface area contributed by atoms with Crippen molar-refractivity contribution in [1.29, 1.82) is 0 Å². The summed E-state index contributed by atoms with van der Waals surface area (Å²) in [7, 11) is 1.69. The van der Waals surface area contributed by atoms with Crippen molar-refractivity contribution in [2.45, 2.75) is 46.2 Å². The topological polar surface area (TPSA) is 96.7 Å². The first kappa shape index (κ1) is 29.8. The number of imidazole rings is 1. The van der Waals surface area contributed by atoms with Crippen LogP contribution in [-0.4, -0.2) is 77.7 Å². The largest absolute Gasteiger partial charge is 0.495 e. The Morgan fingerprint density at radius 3 is 2.64 bits per heavy atom. The highest BCUT2D eigenvalue weighted by atomic mass is 16.5. The van der Waals surface area contributed by atoms with Crippen LogP contribution in [-0.2, 0) is 24.2 Å². The Balaban J connectivity index is 1.38. The van der Waals surface area contributed by atoms with Gasteiger partial charge >= 0.3 is 0 Å². The van der Waals surface area contributed by atoms with Crippen LogP contribution in [0.25, 0.3) is 11.0 Å². The van der Waals surface area contributed by atoms with Crippen LogP contribution in [0, 0.1) is 13.8 Å². The van der Waals surface area contributed by atoms with Crippen LogP contribution < -0.4 is 15.4 Å². The lowest BCUT2D eigenvalue weighted by molar-refractivity contribution is 0.0378. The molecule has 5 rings (SSSR count). The summed E-state index contributed by atoms with van der Waals surface area (Å²) in [4.78, 5) is 12.3. The first-order chi connectivity index (χ1) is 20.5. The summed E-state index contributed by atoms with van der Waals surface area (Å²) < 4.78 is 13.4. The second-order valence-electron chi connectivity index (χ2n) is 11.0. The van der Waals surface area contributed by atoms with Crippen molar-refractivity contribution in [3.8, 4) is 5.75 Å². The van der Waals surface area contributed by atoms with Crippen molar-refractivity contribution in [1.82, 2.24) is 19.4 Å². The van der Waals surface area contributed by atoms with Crippen molar-refractivity contribution < 1.29 is 14.6 Å². The molecule has 42 heavy (non-hydrogen) atoms. The zero-order valence-electron chi connectivity index (χ0n) is 25.2. The minimum atomic E-state index is 0.193. The third-order valence-electron chi connectivity index (χ3n) is 7.80. The lowest BCUT2D eigenvalue weighted by Gasteiger charge is -2.26. The lowest BCUT2D eigenvalue weighted by atomic mass is 10.0. The van der Waals surface area contributed by atoms with Gasteiger partial charge in [0.15, 0.2) is 0 Å². The van der Waals surface area contributed by atoms with E-state index in [0.717, 1.165) is 98.5 Å². The number of aromatic nitrogens is 3. The average molecular weight is 573 g/mol. The maximum Gasteiger partial charge on any atom is 0.204 e. The molecule has 3 N–H and O–H groups in total. The van der Waals surface area contributed by atoms with E-state index < -0.39 is 0 Å². The third kappa shape index (κ3) is 7.59. The summed E-state index contributed by atoms with van der Waals surface area (Å²) in [5.74, 6) is 1.61. The molecule has 1 aliphatic heterocycles. The number of methoxy groups -OCH3 is 1. The molecular formula is C33H44N6O3. The summed E-state index contributed by atoms with van der Waals surface area (Å²) >= 11 is 0. The number of rotatable bonds is 14. The highest BCUT2D eigenvalue weighted by molar-refractivity contribution is 5.80. The number of hydrogen-bond acceptors (Lipinski definition) is 8. The molecule has 4 aromatic rings. The molecule has 0 aliphatic carbocycles. The lowest BCUT2D eigenvalue weighted by Crippen LogP contribution is -2.37. The number of aliphatic hydroxyl groups is 1. The Kier molecular flexibility index (Phi) is 10.3. The Morgan fingerprint density at radius 1 is 0.976 bits per heavy atom. The standard InChI is InChI=1S/C33H44N6O3/c1-24-7-10-27(6-4-17-40)29(20-24)35-22-26-9-11-28-31(21-26)39(23-30-32(41-3)12-8-25(2)36-30)33(37-28)34-13-5-14-38-15-18-42-19-16-38/h7-12,20-21,35,40H,4-6,13-19,22-23H2,1-3H3,(H,34,37). The number of benzene rings is 2. The first-order valence-electron chi connectivity index (χ1n) is 15.0. The van der Waals surface area contributed by atoms with Gasteiger partial charge in [0, 0.05) is 44.2 Å². The first-order valence-corrected chi connectivity index (χ1v) is 15.0. The van der Waals surface area contributed by atoms with Gasteiger partial charge in [0.1, 0.15) is 11.4 Å². The van der Waals surface area contributed by atoms with Crippen molar-refractivity contribution in [3.05, 3.63) is 76.6 Å². The zero-order valence-corrected chi connectivity index (χ0v) is 25.2. The van der Waals surface area contributed by atoms with Crippen molar-refractivity contribution in [2.75, 3.05) is 63.7 Å². The summed E-state index contributed by atoms with van der Waals surface area (Å²) in [5, 5.41) is 16.6. The van der Waals surface area contributed by atoms with Gasteiger partial charge in [-0.1, -0.05) is 18.2 Å². The van der Waals surface area contributed by atoms with E-state index in [4.69, 9.17) is 19.4 Å². The molecule has 224 valence electrons. The van der Waals surface area contributed by atoms with Crippen LogP contribution in [0.5, 0.6) is 5.75 Å². The third-order valence-corrected chi connectivity index (χ3v) is 7.80.